The zero-order valence-corrected chi connectivity index (χ0v) is 16.1. The van der Waals surface area contributed by atoms with Gasteiger partial charge in [-0.2, -0.15) is 0 Å². The summed E-state index contributed by atoms with van der Waals surface area (Å²) in [6.45, 7) is 1.77. The number of aryl methyl sites for hydroxylation is 1. The SMILES string of the molecule is Cc1noc(/C=C\c2cn(Cc3c(F)cccc3Cl)c3ccccc23)c1[N+](=O)[O-]. The van der Waals surface area contributed by atoms with E-state index in [1.807, 2.05) is 35.0 Å². The van der Waals surface area contributed by atoms with Gasteiger partial charge in [0.15, 0.2) is 5.69 Å². The summed E-state index contributed by atoms with van der Waals surface area (Å²) in [6, 6.07) is 12.2. The number of rotatable bonds is 5. The molecule has 0 bridgehead atoms. The number of nitro groups is 1. The minimum atomic E-state index is -0.519. The molecule has 0 unspecified atom stereocenters. The Bertz CT molecular complexity index is 1240. The maximum absolute atomic E-state index is 14.2. The predicted molar refractivity (Wildman–Crippen MR) is 109 cm³/mol. The normalized spacial score (nSPS) is 11.6. The molecule has 0 aliphatic heterocycles. The van der Waals surface area contributed by atoms with Crippen molar-refractivity contribution >= 4 is 40.3 Å². The van der Waals surface area contributed by atoms with Gasteiger partial charge in [0.25, 0.3) is 0 Å². The molecule has 4 aromatic rings. The van der Waals surface area contributed by atoms with Gasteiger partial charge in [0.2, 0.25) is 5.76 Å². The summed E-state index contributed by atoms with van der Waals surface area (Å²) in [5.74, 6) is -0.304. The molecule has 29 heavy (non-hydrogen) atoms. The molecule has 146 valence electrons. The molecule has 0 aliphatic carbocycles. The first-order chi connectivity index (χ1) is 14.0. The zero-order chi connectivity index (χ0) is 20.5. The van der Waals surface area contributed by atoms with Gasteiger partial charge in [-0.25, -0.2) is 4.39 Å². The minimum Gasteiger partial charge on any atom is -0.349 e. The highest BCUT2D eigenvalue weighted by Gasteiger charge is 2.22. The van der Waals surface area contributed by atoms with Crippen molar-refractivity contribution in [3.05, 3.63) is 92.2 Å². The van der Waals surface area contributed by atoms with Crippen LogP contribution in [0.2, 0.25) is 5.02 Å². The van der Waals surface area contributed by atoms with Crippen LogP contribution >= 0.6 is 11.6 Å². The van der Waals surface area contributed by atoms with Crippen molar-refractivity contribution in [1.29, 1.82) is 0 Å². The summed E-state index contributed by atoms with van der Waals surface area (Å²) in [5.41, 5.74) is 2.13. The van der Waals surface area contributed by atoms with E-state index in [0.717, 1.165) is 16.5 Å². The van der Waals surface area contributed by atoms with E-state index in [1.54, 1.807) is 18.2 Å². The first-order valence-electron chi connectivity index (χ1n) is 8.75. The molecule has 2 aromatic carbocycles. The molecule has 4 rings (SSSR count). The fourth-order valence-electron chi connectivity index (χ4n) is 3.27. The van der Waals surface area contributed by atoms with Crippen LogP contribution in [0.5, 0.6) is 0 Å². The van der Waals surface area contributed by atoms with Gasteiger partial charge in [-0.05, 0) is 37.3 Å². The third-order valence-corrected chi connectivity index (χ3v) is 5.02. The van der Waals surface area contributed by atoms with Crippen LogP contribution in [0, 0.1) is 22.9 Å². The average molecular weight is 412 g/mol. The maximum Gasteiger partial charge on any atom is 0.338 e. The van der Waals surface area contributed by atoms with Crippen LogP contribution in [-0.4, -0.2) is 14.6 Å². The van der Waals surface area contributed by atoms with E-state index in [-0.39, 0.29) is 29.5 Å². The van der Waals surface area contributed by atoms with Gasteiger partial charge in [-0.15, -0.1) is 0 Å². The Labute approximate surface area is 170 Å². The van der Waals surface area contributed by atoms with Crippen LogP contribution in [0.1, 0.15) is 22.6 Å². The number of hydrogen-bond donors (Lipinski definition) is 0. The van der Waals surface area contributed by atoms with Gasteiger partial charge in [0.05, 0.1) is 11.5 Å². The second-order valence-corrected chi connectivity index (χ2v) is 6.91. The average Bonchev–Trinajstić information content (AvgIpc) is 3.23. The molecule has 6 nitrogen and oxygen atoms in total. The van der Waals surface area contributed by atoms with E-state index in [4.69, 9.17) is 16.1 Å². The van der Waals surface area contributed by atoms with Gasteiger partial charge in [-0.3, -0.25) is 10.1 Å². The number of para-hydroxylation sites is 1. The Morgan fingerprint density at radius 3 is 2.79 bits per heavy atom. The zero-order valence-electron chi connectivity index (χ0n) is 15.3. The highest BCUT2D eigenvalue weighted by molar-refractivity contribution is 6.31. The van der Waals surface area contributed by atoms with Gasteiger partial charge in [0, 0.05) is 33.2 Å². The van der Waals surface area contributed by atoms with Crippen molar-refractivity contribution in [1.82, 2.24) is 9.72 Å². The molecule has 0 atom stereocenters. The summed E-state index contributed by atoms with van der Waals surface area (Å²) in [5, 5.41) is 16.1. The predicted octanol–water partition coefficient (Wildman–Crippen LogP) is 5.86. The lowest BCUT2D eigenvalue weighted by molar-refractivity contribution is -0.386. The van der Waals surface area contributed by atoms with Crippen molar-refractivity contribution in [3.63, 3.8) is 0 Å². The standard InChI is InChI=1S/C21H15ClFN3O3/c1-13-21(26(27)28)20(29-24-13)10-9-14-11-25(19-8-3-2-5-15(14)19)12-16-17(22)6-4-7-18(16)23/h2-11H,12H2,1H3/b10-9-. The van der Waals surface area contributed by atoms with Crippen LogP contribution in [0.15, 0.2) is 53.2 Å². The highest BCUT2D eigenvalue weighted by atomic mass is 35.5. The summed E-state index contributed by atoms with van der Waals surface area (Å²) in [7, 11) is 0. The third kappa shape index (κ3) is 3.52. The van der Waals surface area contributed by atoms with Crippen LogP contribution in [0.3, 0.4) is 0 Å². The van der Waals surface area contributed by atoms with E-state index in [9.17, 15) is 14.5 Å². The van der Waals surface area contributed by atoms with E-state index >= 15 is 0 Å². The Hall–Kier alpha value is -3.45. The minimum absolute atomic E-state index is 0.0708. The van der Waals surface area contributed by atoms with Crippen molar-refractivity contribution in [3.8, 4) is 0 Å². The van der Waals surface area contributed by atoms with Gasteiger partial charge in [-0.1, -0.05) is 41.0 Å². The number of aromatic nitrogens is 2. The molecule has 0 N–H and O–H groups in total. The molecule has 0 saturated carbocycles. The monoisotopic (exact) mass is 411 g/mol. The van der Waals surface area contributed by atoms with E-state index in [0.29, 0.717) is 10.6 Å². The highest BCUT2D eigenvalue weighted by Crippen LogP contribution is 2.29. The molecular formula is C21H15ClFN3O3. The summed E-state index contributed by atoms with van der Waals surface area (Å²) >= 11 is 6.18. The van der Waals surface area contributed by atoms with Gasteiger partial charge < -0.3 is 9.09 Å². The van der Waals surface area contributed by atoms with E-state index < -0.39 is 4.92 Å². The van der Waals surface area contributed by atoms with Crippen LogP contribution in [0.25, 0.3) is 23.1 Å². The van der Waals surface area contributed by atoms with Crippen molar-refractivity contribution in [2.24, 2.45) is 0 Å². The summed E-state index contributed by atoms with van der Waals surface area (Å²) in [4.78, 5) is 10.7. The molecule has 2 aromatic heterocycles. The van der Waals surface area contributed by atoms with Gasteiger partial charge >= 0.3 is 5.69 Å². The lowest BCUT2D eigenvalue weighted by Crippen LogP contribution is -2.01. The number of hydrogen-bond acceptors (Lipinski definition) is 4. The number of fused-ring (bicyclic) bond motifs is 1. The molecular weight excluding hydrogens is 397 g/mol. The van der Waals surface area contributed by atoms with Crippen molar-refractivity contribution in [2.75, 3.05) is 0 Å². The molecule has 0 saturated heterocycles. The maximum atomic E-state index is 14.2. The van der Waals surface area contributed by atoms with E-state index in [2.05, 4.69) is 5.16 Å². The second kappa shape index (κ2) is 7.52. The van der Waals surface area contributed by atoms with Crippen molar-refractivity contribution < 1.29 is 13.8 Å². The molecule has 0 radical (unpaired) electrons. The lowest BCUT2D eigenvalue weighted by Gasteiger charge is -2.08. The van der Waals surface area contributed by atoms with E-state index in [1.165, 1.54) is 19.1 Å². The number of halogens is 2. The summed E-state index contributed by atoms with van der Waals surface area (Å²) in [6.07, 6.45) is 5.08. The van der Waals surface area contributed by atoms with Gasteiger partial charge in [0.1, 0.15) is 5.82 Å². The van der Waals surface area contributed by atoms with Crippen LogP contribution in [-0.2, 0) is 6.54 Å². The molecule has 0 fully saturated rings. The Morgan fingerprint density at radius 1 is 1.24 bits per heavy atom. The molecule has 0 aliphatic rings. The third-order valence-electron chi connectivity index (χ3n) is 4.66. The molecule has 0 spiro atoms. The fourth-order valence-corrected chi connectivity index (χ4v) is 3.49. The molecule has 8 heteroatoms. The van der Waals surface area contributed by atoms with Crippen LogP contribution in [0.4, 0.5) is 10.1 Å². The first kappa shape index (κ1) is 18.9. The molecule has 2 heterocycles. The quantitative estimate of drug-likeness (QED) is 0.304. The Kier molecular flexibility index (Phi) is 4.90. The molecule has 0 amide bonds. The topological polar surface area (TPSA) is 74.1 Å². The Balaban J connectivity index is 1.76. The fraction of sp³-hybridized carbons (Fsp3) is 0.0952. The largest absolute Gasteiger partial charge is 0.349 e. The smallest absolute Gasteiger partial charge is 0.338 e. The number of benzene rings is 2. The first-order valence-corrected chi connectivity index (χ1v) is 9.13. The van der Waals surface area contributed by atoms with Crippen molar-refractivity contribution in [2.45, 2.75) is 13.5 Å². The summed E-state index contributed by atoms with van der Waals surface area (Å²) < 4.78 is 21.2. The van der Waals surface area contributed by atoms with Crippen LogP contribution < -0.4 is 0 Å². The Morgan fingerprint density at radius 2 is 2.03 bits per heavy atom. The number of nitrogens with zero attached hydrogens (tertiary/aromatic N) is 3. The second-order valence-electron chi connectivity index (χ2n) is 6.50. The lowest BCUT2D eigenvalue weighted by atomic mass is 10.1.